The smallest absolute Gasteiger partial charge is 0.276 e. The lowest BCUT2D eigenvalue weighted by molar-refractivity contribution is 0.374. The van der Waals surface area contributed by atoms with E-state index in [4.69, 9.17) is 4.42 Å². The van der Waals surface area contributed by atoms with Crippen LogP contribution in [0.5, 0.6) is 0 Å². The molecular formula is C17H18ClN3OS. The van der Waals surface area contributed by atoms with Gasteiger partial charge in [0.1, 0.15) is 0 Å². The molecule has 120 valence electrons. The van der Waals surface area contributed by atoms with E-state index < -0.39 is 0 Å². The predicted octanol–water partition coefficient (Wildman–Crippen LogP) is 4.36. The standard InChI is InChI=1S/C17H17N3OS.ClH/c1-2-8-14-12(5-1)6-3-7-13(14)11-22-17-20-19-16(21-17)15-9-4-10-18-15;/h1-3,5-8,15,18H,4,9-11H2;1H. The summed E-state index contributed by atoms with van der Waals surface area (Å²) < 4.78 is 5.78. The van der Waals surface area contributed by atoms with Crippen molar-refractivity contribution in [1.29, 1.82) is 0 Å². The second-order valence-corrected chi connectivity index (χ2v) is 6.41. The summed E-state index contributed by atoms with van der Waals surface area (Å²) in [5.74, 6) is 1.55. The number of nitrogens with zero attached hydrogens (tertiary/aromatic N) is 2. The number of thioether (sulfide) groups is 1. The third-order valence-electron chi connectivity index (χ3n) is 4.01. The highest BCUT2D eigenvalue weighted by Gasteiger charge is 2.22. The number of fused-ring (bicyclic) bond motifs is 1. The summed E-state index contributed by atoms with van der Waals surface area (Å²) in [6.07, 6.45) is 2.25. The van der Waals surface area contributed by atoms with Crippen molar-refractivity contribution in [2.75, 3.05) is 6.54 Å². The van der Waals surface area contributed by atoms with Crippen molar-refractivity contribution < 1.29 is 4.42 Å². The molecule has 6 heteroatoms. The number of halogens is 1. The van der Waals surface area contributed by atoms with Crippen LogP contribution in [0.15, 0.2) is 52.1 Å². The zero-order valence-electron chi connectivity index (χ0n) is 12.6. The lowest BCUT2D eigenvalue weighted by Crippen LogP contribution is -2.12. The van der Waals surface area contributed by atoms with Gasteiger partial charge < -0.3 is 9.73 Å². The first-order valence-corrected chi connectivity index (χ1v) is 8.55. The first-order chi connectivity index (χ1) is 10.9. The Morgan fingerprint density at radius 3 is 2.87 bits per heavy atom. The van der Waals surface area contributed by atoms with E-state index in [-0.39, 0.29) is 18.4 Å². The number of nitrogens with one attached hydrogen (secondary N) is 1. The number of aromatic nitrogens is 2. The van der Waals surface area contributed by atoms with Crippen LogP contribution in [0.4, 0.5) is 0 Å². The van der Waals surface area contributed by atoms with Crippen LogP contribution in [0, 0.1) is 0 Å². The van der Waals surface area contributed by atoms with E-state index in [1.165, 1.54) is 22.8 Å². The summed E-state index contributed by atoms with van der Waals surface area (Å²) in [4.78, 5) is 0. The molecule has 23 heavy (non-hydrogen) atoms. The normalized spacial score (nSPS) is 17.3. The molecule has 0 radical (unpaired) electrons. The van der Waals surface area contributed by atoms with Gasteiger partial charge in [0.2, 0.25) is 5.89 Å². The van der Waals surface area contributed by atoms with Crippen molar-refractivity contribution in [3.8, 4) is 0 Å². The molecule has 1 saturated heterocycles. The molecule has 4 nitrogen and oxygen atoms in total. The first-order valence-electron chi connectivity index (χ1n) is 7.56. The summed E-state index contributed by atoms with van der Waals surface area (Å²) in [5.41, 5.74) is 1.29. The molecule has 0 bridgehead atoms. The Hall–Kier alpha value is -1.56. The Kier molecular flexibility index (Phi) is 5.20. The molecule has 1 fully saturated rings. The monoisotopic (exact) mass is 347 g/mol. The average molecular weight is 348 g/mol. The van der Waals surface area contributed by atoms with E-state index in [1.54, 1.807) is 11.8 Å². The molecule has 2 heterocycles. The van der Waals surface area contributed by atoms with Crippen molar-refractivity contribution in [1.82, 2.24) is 15.5 Å². The second kappa shape index (κ2) is 7.34. The molecule has 0 amide bonds. The van der Waals surface area contributed by atoms with Gasteiger partial charge in [-0.15, -0.1) is 22.6 Å². The molecule has 0 aliphatic carbocycles. The van der Waals surface area contributed by atoms with Gasteiger partial charge in [-0.25, -0.2) is 0 Å². The maximum absolute atomic E-state index is 5.78. The topological polar surface area (TPSA) is 51.0 Å². The Morgan fingerprint density at radius 2 is 2.00 bits per heavy atom. The van der Waals surface area contributed by atoms with E-state index >= 15 is 0 Å². The van der Waals surface area contributed by atoms with Gasteiger partial charge >= 0.3 is 0 Å². The highest BCUT2D eigenvalue weighted by molar-refractivity contribution is 7.98. The molecule has 1 aliphatic heterocycles. The maximum atomic E-state index is 5.78. The predicted molar refractivity (Wildman–Crippen MR) is 95.0 cm³/mol. The molecule has 3 aromatic rings. The Balaban J connectivity index is 0.00000156. The minimum Gasteiger partial charge on any atom is -0.414 e. The van der Waals surface area contributed by atoms with E-state index in [9.17, 15) is 0 Å². The van der Waals surface area contributed by atoms with Gasteiger partial charge in [0, 0.05) is 5.75 Å². The molecule has 0 saturated carbocycles. The quantitative estimate of drug-likeness (QED) is 0.710. The minimum atomic E-state index is 0. The molecule has 2 aromatic carbocycles. The minimum absolute atomic E-state index is 0. The molecule has 1 atom stereocenters. The molecule has 0 spiro atoms. The lowest BCUT2D eigenvalue weighted by Gasteiger charge is -2.05. The van der Waals surface area contributed by atoms with Gasteiger partial charge in [-0.1, -0.05) is 54.2 Å². The molecule has 1 N–H and O–H groups in total. The Labute approximate surface area is 145 Å². The molecule has 1 aromatic heterocycles. The summed E-state index contributed by atoms with van der Waals surface area (Å²) >= 11 is 1.60. The van der Waals surface area contributed by atoms with Gasteiger partial charge in [-0.3, -0.25) is 0 Å². The van der Waals surface area contributed by atoms with Gasteiger partial charge in [-0.05, 0) is 35.7 Å². The average Bonchev–Trinajstić information content (AvgIpc) is 3.24. The maximum Gasteiger partial charge on any atom is 0.276 e. The zero-order chi connectivity index (χ0) is 14.8. The van der Waals surface area contributed by atoms with Gasteiger partial charge in [0.05, 0.1) is 6.04 Å². The lowest BCUT2D eigenvalue weighted by atomic mass is 10.1. The van der Waals surface area contributed by atoms with Crippen molar-refractivity contribution >= 4 is 34.9 Å². The highest BCUT2D eigenvalue weighted by atomic mass is 35.5. The third-order valence-corrected chi connectivity index (χ3v) is 4.88. The fourth-order valence-electron chi connectivity index (χ4n) is 2.87. The summed E-state index contributed by atoms with van der Waals surface area (Å²) in [6.45, 7) is 1.03. The van der Waals surface area contributed by atoms with Crippen LogP contribution in [0.1, 0.15) is 30.3 Å². The van der Waals surface area contributed by atoms with Crippen molar-refractivity contribution in [2.45, 2.75) is 29.9 Å². The Bertz CT molecular complexity index is 781. The van der Waals surface area contributed by atoms with Gasteiger partial charge in [0.15, 0.2) is 0 Å². The van der Waals surface area contributed by atoms with Crippen LogP contribution in [0.25, 0.3) is 10.8 Å². The zero-order valence-corrected chi connectivity index (χ0v) is 14.2. The fourth-order valence-corrected chi connectivity index (χ4v) is 3.65. The van der Waals surface area contributed by atoms with Crippen molar-refractivity contribution in [3.05, 3.63) is 53.9 Å². The fraction of sp³-hybridized carbons (Fsp3) is 0.294. The van der Waals surface area contributed by atoms with Crippen molar-refractivity contribution in [2.24, 2.45) is 0 Å². The molecule has 1 unspecified atom stereocenters. The molecular weight excluding hydrogens is 330 g/mol. The van der Waals surface area contributed by atoms with Gasteiger partial charge in [0.25, 0.3) is 5.22 Å². The second-order valence-electron chi connectivity index (χ2n) is 5.48. The van der Waals surface area contributed by atoms with Crippen molar-refractivity contribution in [3.63, 3.8) is 0 Å². The van der Waals surface area contributed by atoms with Crippen LogP contribution < -0.4 is 5.32 Å². The van der Waals surface area contributed by atoms with Crippen LogP contribution in [0.3, 0.4) is 0 Å². The number of hydrogen-bond acceptors (Lipinski definition) is 5. The number of benzene rings is 2. The van der Waals surface area contributed by atoms with Gasteiger partial charge in [-0.2, -0.15) is 0 Å². The highest BCUT2D eigenvalue weighted by Crippen LogP contribution is 2.29. The van der Waals surface area contributed by atoms with E-state index in [2.05, 4.69) is 58.0 Å². The SMILES string of the molecule is Cl.c1ccc2c(CSc3nnc(C4CCCN4)o3)cccc2c1. The van der Waals surface area contributed by atoms with E-state index in [0.717, 1.165) is 24.6 Å². The Morgan fingerprint density at radius 1 is 1.13 bits per heavy atom. The number of rotatable bonds is 4. The van der Waals surface area contributed by atoms with Crippen LogP contribution in [-0.4, -0.2) is 16.7 Å². The number of hydrogen-bond donors (Lipinski definition) is 1. The van der Waals surface area contributed by atoms with Crippen LogP contribution in [-0.2, 0) is 5.75 Å². The summed E-state index contributed by atoms with van der Waals surface area (Å²) in [5, 5.41) is 14.9. The molecule has 4 rings (SSSR count). The van der Waals surface area contributed by atoms with E-state index in [0.29, 0.717) is 5.22 Å². The first kappa shape index (κ1) is 16.3. The van der Waals surface area contributed by atoms with Crippen LogP contribution in [0.2, 0.25) is 0 Å². The van der Waals surface area contributed by atoms with E-state index in [1.807, 2.05) is 0 Å². The summed E-state index contributed by atoms with van der Waals surface area (Å²) in [6, 6.07) is 15.1. The van der Waals surface area contributed by atoms with Crippen LogP contribution >= 0.6 is 24.2 Å². The third kappa shape index (κ3) is 3.52. The summed E-state index contributed by atoms with van der Waals surface area (Å²) in [7, 11) is 0. The largest absolute Gasteiger partial charge is 0.414 e. The molecule has 1 aliphatic rings.